The zero-order valence-electron chi connectivity index (χ0n) is 10.1. The van der Waals surface area contributed by atoms with Gasteiger partial charge in [0.1, 0.15) is 0 Å². The topological polar surface area (TPSA) is 12.0 Å². The van der Waals surface area contributed by atoms with Crippen molar-refractivity contribution in [3.05, 3.63) is 59.7 Å². The molecule has 86 valence electrons. The summed E-state index contributed by atoms with van der Waals surface area (Å²) in [6.07, 6.45) is 2.32. The van der Waals surface area contributed by atoms with Crippen molar-refractivity contribution in [1.29, 1.82) is 0 Å². The second kappa shape index (κ2) is 4.25. The maximum Gasteiger partial charge on any atom is 0.0419 e. The highest BCUT2D eigenvalue weighted by Crippen LogP contribution is 2.37. The Balaban J connectivity index is 2.13. The second-order valence-electron chi connectivity index (χ2n) is 4.68. The third kappa shape index (κ3) is 1.82. The van der Waals surface area contributed by atoms with Gasteiger partial charge in [0.05, 0.1) is 0 Å². The standard InChI is InChI=1S/C16H17N/c1-2-12-11-13-7-3-5-9-15(13)17-16-10-6-4-8-14(12)16/h3-10,12,17H,2,11H2,1H3. The van der Waals surface area contributed by atoms with Crippen molar-refractivity contribution in [3.63, 3.8) is 0 Å². The summed E-state index contributed by atoms with van der Waals surface area (Å²) in [7, 11) is 0. The first-order chi connectivity index (χ1) is 8.38. The largest absolute Gasteiger partial charge is 0.355 e. The molecule has 2 aromatic carbocycles. The zero-order chi connectivity index (χ0) is 11.7. The van der Waals surface area contributed by atoms with Gasteiger partial charge in [-0.3, -0.25) is 0 Å². The Hall–Kier alpha value is -1.76. The minimum Gasteiger partial charge on any atom is -0.355 e. The summed E-state index contributed by atoms with van der Waals surface area (Å²) in [4.78, 5) is 0. The molecule has 0 saturated carbocycles. The lowest BCUT2D eigenvalue weighted by atomic mass is 9.90. The predicted octanol–water partition coefficient (Wildman–Crippen LogP) is 4.48. The number of nitrogens with one attached hydrogen (secondary N) is 1. The Morgan fingerprint density at radius 3 is 2.53 bits per heavy atom. The van der Waals surface area contributed by atoms with Crippen LogP contribution in [0.25, 0.3) is 0 Å². The maximum atomic E-state index is 3.57. The molecule has 1 heterocycles. The van der Waals surface area contributed by atoms with Crippen molar-refractivity contribution in [2.75, 3.05) is 5.32 Å². The van der Waals surface area contributed by atoms with Gasteiger partial charge in [-0.15, -0.1) is 0 Å². The number of benzene rings is 2. The highest BCUT2D eigenvalue weighted by molar-refractivity contribution is 5.69. The Bertz CT molecular complexity index is 531. The maximum absolute atomic E-state index is 3.57. The van der Waals surface area contributed by atoms with E-state index >= 15 is 0 Å². The first kappa shape index (κ1) is 10.4. The molecule has 1 unspecified atom stereocenters. The van der Waals surface area contributed by atoms with E-state index in [2.05, 4.69) is 60.8 Å². The zero-order valence-corrected chi connectivity index (χ0v) is 10.1. The minimum absolute atomic E-state index is 0.627. The molecule has 0 fully saturated rings. The van der Waals surface area contributed by atoms with Gasteiger partial charge in [0, 0.05) is 11.4 Å². The van der Waals surface area contributed by atoms with Crippen molar-refractivity contribution in [2.45, 2.75) is 25.7 Å². The molecule has 17 heavy (non-hydrogen) atoms. The van der Waals surface area contributed by atoms with Gasteiger partial charge < -0.3 is 5.32 Å². The fourth-order valence-corrected chi connectivity index (χ4v) is 2.67. The quantitative estimate of drug-likeness (QED) is 0.751. The van der Waals surface area contributed by atoms with Crippen LogP contribution in [0.1, 0.15) is 30.4 Å². The Morgan fingerprint density at radius 2 is 1.71 bits per heavy atom. The van der Waals surface area contributed by atoms with E-state index in [4.69, 9.17) is 0 Å². The number of anilines is 2. The first-order valence-electron chi connectivity index (χ1n) is 6.32. The number of hydrogen-bond donors (Lipinski definition) is 1. The molecule has 2 aromatic rings. The third-order valence-corrected chi connectivity index (χ3v) is 3.65. The van der Waals surface area contributed by atoms with E-state index in [1.54, 1.807) is 0 Å². The lowest BCUT2D eigenvalue weighted by Crippen LogP contribution is -2.00. The van der Waals surface area contributed by atoms with Crippen molar-refractivity contribution in [1.82, 2.24) is 0 Å². The summed E-state index contributed by atoms with van der Waals surface area (Å²) in [5, 5.41) is 3.57. The highest BCUT2D eigenvalue weighted by Gasteiger charge is 2.19. The number of rotatable bonds is 1. The summed E-state index contributed by atoms with van der Waals surface area (Å²) < 4.78 is 0. The summed E-state index contributed by atoms with van der Waals surface area (Å²) in [5.41, 5.74) is 5.40. The SMILES string of the molecule is CCC1Cc2ccccc2Nc2ccccc21. The van der Waals surface area contributed by atoms with Crippen LogP contribution in [-0.4, -0.2) is 0 Å². The van der Waals surface area contributed by atoms with Crippen LogP contribution < -0.4 is 5.32 Å². The monoisotopic (exact) mass is 223 g/mol. The lowest BCUT2D eigenvalue weighted by Gasteiger charge is -2.14. The van der Waals surface area contributed by atoms with Crippen LogP contribution in [-0.2, 0) is 6.42 Å². The average molecular weight is 223 g/mol. The van der Waals surface area contributed by atoms with Gasteiger partial charge in [0.2, 0.25) is 0 Å². The van der Waals surface area contributed by atoms with E-state index in [0.29, 0.717) is 5.92 Å². The molecule has 1 atom stereocenters. The molecule has 0 radical (unpaired) electrons. The Morgan fingerprint density at radius 1 is 1.00 bits per heavy atom. The summed E-state index contributed by atoms with van der Waals surface area (Å²) in [6.45, 7) is 2.27. The van der Waals surface area contributed by atoms with Gasteiger partial charge >= 0.3 is 0 Å². The van der Waals surface area contributed by atoms with Crippen LogP contribution in [0.5, 0.6) is 0 Å². The lowest BCUT2D eigenvalue weighted by molar-refractivity contribution is 0.667. The Kier molecular flexibility index (Phi) is 2.60. The average Bonchev–Trinajstić information content (AvgIpc) is 2.54. The third-order valence-electron chi connectivity index (χ3n) is 3.65. The molecule has 1 N–H and O–H groups in total. The van der Waals surface area contributed by atoms with E-state index in [1.165, 1.54) is 28.9 Å². The summed E-state index contributed by atoms with van der Waals surface area (Å²) in [5.74, 6) is 0.627. The molecular weight excluding hydrogens is 206 g/mol. The van der Waals surface area contributed by atoms with Crippen molar-refractivity contribution >= 4 is 11.4 Å². The second-order valence-corrected chi connectivity index (χ2v) is 4.68. The van der Waals surface area contributed by atoms with E-state index in [0.717, 1.165) is 6.42 Å². The number of fused-ring (bicyclic) bond motifs is 2. The smallest absolute Gasteiger partial charge is 0.0419 e. The molecule has 1 aliphatic heterocycles. The molecule has 0 aromatic heterocycles. The highest BCUT2D eigenvalue weighted by atomic mass is 14.9. The van der Waals surface area contributed by atoms with E-state index in [9.17, 15) is 0 Å². The fraction of sp³-hybridized carbons (Fsp3) is 0.250. The van der Waals surface area contributed by atoms with Gasteiger partial charge in [-0.2, -0.15) is 0 Å². The van der Waals surface area contributed by atoms with Gasteiger partial charge in [0.25, 0.3) is 0 Å². The Labute approximate surface area is 102 Å². The summed E-state index contributed by atoms with van der Waals surface area (Å²) >= 11 is 0. The molecular formula is C16H17N. The van der Waals surface area contributed by atoms with Crippen LogP contribution in [0.15, 0.2) is 48.5 Å². The van der Waals surface area contributed by atoms with Crippen LogP contribution in [0, 0.1) is 0 Å². The van der Waals surface area contributed by atoms with Crippen molar-refractivity contribution in [3.8, 4) is 0 Å². The molecule has 0 spiro atoms. The summed E-state index contributed by atoms with van der Waals surface area (Å²) in [6, 6.07) is 17.3. The van der Waals surface area contributed by atoms with E-state index < -0.39 is 0 Å². The van der Waals surface area contributed by atoms with Crippen LogP contribution >= 0.6 is 0 Å². The van der Waals surface area contributed by atoms with Crippen LogP contribution in [0.3, 0.4) is 0 Å². The van der Waals surface area contributed by atoms with E-state index in [1.807, 2.05) is 0 Å². The van der Waals surface area contributed by atoms with Crippen molar-refractivity contribution < 1.29 is 0 Å². The fourth-order valence-electron chi connectivity index (χ4n) is 2.67. The molecule has 3 rings (SSSR count). The number of para-hydroxylation sites is 2. The molecule has 1 heteroatoms. The van der Waals surface area contributed by atoms with E-state index in [-0.39, 0.29) is 0 Å². The molecule has 0 aliphatic carbocycles. The normalized spacial score (nSPS) is 17.6. The minimum atomic E-state index is 0.627. The van der Waals surface area contributed by atoms with Crippen molar-refractivity contribution in [2.24, 2.45) is 0 Å². The van der Waals surface area contributed by atoms with Gasteiger partial charge in [-0.25, -0.2) is 0 Å². The number of hydrogen-bond acceptors (Lipinski definition) is 1. The predicted molar refractivity (Wildman–Crippen MR) is 72.9 cm³/mol. The molecule has 1 aliphatic rings. The molecule has 0 bridgehead atoms. The molecule has 1 nitrogen and oxygen atoms in total. The van der Waals surface area contributed by atoms with Crippen LogP contribution in [0.2, 0.25) is 0 Å². The molecule has 0 saturated heterocycles. The van der Waals surface area contributed by atoms with Gasteiger partial charge in [-0.1, -0.05) is 43.3 Å². The first-order valence-corrected chi connectivity index (χ1v) is 6.32. The van der Waals surface area contributed by atoms with Crippen LogP contribution in [0.4, 0.5) is 11.4 Å². The van der Waals surface area contributed by atoms with Gasteiger partial charge in [-0.05, 0) is 42.0 Å². The van der Waals surface area contributed by atoms with Gasteiger partial charge in [0.15, 0.2) is 0 Å². The molecule has 0 amide bonds.